The van der Waals surface area contributed by atoms with Crippen molar-refractivity contribution >= 4 is 55.1 Å². The summed E-state index contributed by atoms with van der Waals surface area (Å²) >= 11 is 6.11. The molecule has 35 heavy (non-hydrogen) atoms. The number of nitrogens with zero attached hydrogens (tertiary/aromatic N) is 1. The van der Waals surface area contributed by atoms with Gasteiger partial charge < -0.3 is 10.8 Å². The Kier molecular flexibility index (Phi) is 6.55. The van der Waals surface area contributed by atoms with Crippen molar-refractivity contribution in [1.29, 1.82) is 0 Å². The molecule has 4 aromatic rings. The van der Waals surface area contributed by atoms with Gasteiger partial charge in [0, 0.05) is 21.7 Å². The summed E-state index contributed by atoms with van der Waals surface area (Å²) in [5.74, 6) is -2.54. The lowest BCUT2D eigenvalue weighted by Gasteiger charge is -2.21. The number of ketones is 1. The molecular weight excluding hydrogens is 488 g/mol. The van der Waals surface area contributed by atoms with E-state index in [1.54, 1.807) is 54.6 Å². The van der Waals surface area contributed by atoms with E-state index in [1.807, 2.05) is 0 Å². The third-order valence-corrected chi connectivity index (χ3v) is 8.34. The first-order chi connectivity index (χ1) is 16.6. The van der Waals surface area contributed by atoms with Gasteiger partial charge in [0.05, 0.1) is 18.0 Å². The highest BCUT2D eigenvalue weighted by molar-refractivity contribution is 7.90. The van der Waals surface area contributed by atoms with Crippen LogP contribution >= 0.6 is 11.6 Å². The average molecular weight is 511 g/mol. The van der Waals surface area contributed by atoms with E-state index in [4.69, 9.17) is 17.3 Å². The molecule has 0 amide bonds. The monoisotopic (exact) mass is 510 g/mol. The Balaban J connectivity index is 2.01. The molecular formula is C26H23ClN2O5S. The van der Waals surface area contributed by atoms with Crippen LogP contribution in [0.5, 0.6) is 0 Å². The van der Waals surface area contributed by atoms with Crippen molar-refractivity contribution in [3.63, 3.8) is 0 Å². The van der Waals surface area contributed by atoms with Crippen molar-refractivity contribution in [1.82, 2.24) is 3.97 Å². The molecule has 2 atom stereocenters. The van der Waals surface area contributed by atoms with E-state index in [0.717, 1.165) is 3.97 Å². The summed E-state index contributed by atoms with van der Waals surface area (Å²) in [6.07, 6.45) is 1.30. The first kappa shape index (κ1) is 24.7. The maximum absolute atomic E-state index is 14.2. The summed E-state index contributed by atoms with van der Waals surface area (Å²) in [6, 6.07) is 16.3. The van der Waals surface area contributed by atoms with E-state index >= 15 is 0 Å². The molecule has 1 aromatic heterocycles. The van der Waals surface area contributed by atoms with Gasteiger partial charge in [0.25, 0.3) is 0 Å². The Bertz CT molecular complexity index is 1610. The molecule has 9 heteroatoms. The third-order valence-electron chi connectivity index (χ3n) is 6.10. The minimum atomic E-state index is -4.26. The zero-order valence-corrected chi connectivity index (χ0v) is 20.4. The molecule has 0 saturated carbocycles. The van der Waals surface area contributed by atoms with Gasteiger partial charge >= 0.3 is 5.97 Å². The van der Waals surface area contributed by atoms with E-state index in [-0.39, 0.29) is 18.0 Å². The molecule has 180 valence electrons. The van der Waals surface area contributed by atoms with Crippen molar-refractivity contribution in [3.8, 4) is 0 Å². The summed E-state index contributed by atoms with van der Waals surface area (Å²) in [5, 5.41) is 10.5. The molecule has 4 rings (SSSR count). The molecule has 2 unspecified atom stereocenters. The van der Waals surface area contributed by atoms with Crippen LogP contribution in [0, 0.1) is 0 Å². The van der Waals surface area contributed by atoms with Crippen molar-refractivity contribution in [2.24, 2.45) is 5.73 Å². The number of hydrogen-bond donors (Lipinski definition) is 2. The average Bonchev–Trinajstić information content (AvgIpc) is 3.22. The number of rotatable bonds is 8. The Morgan fingerprint density at radius 2 is 1.80 bits per heavy atom. The molecule has 1 heterocycles. The van der Waals surface area contributed by atoms with Gasteiger partial charge in [-0.15, -0.1) is 6.58 Å². The fourth-order valence-corrected chi connectivity index (χ4v) is 6.47. The number of carboxylic acids is 1. The summed E-state index contributed by atoms with van der Waals surface area (Å²) in [7, 11) is -4.26. The van der Waals surface area contributed by atoms with E-state index in [2.05, 4.69) is 6.58 Å². The van der Waals surface area contributed by atoms with Gasteiger partial charge in [-0.25, -0.2) is 12.4 Å². The highest BCUT2D eigenvalue weighted by atomic mass is 35.5. The number of carbonyl (C=O) groups excluding carboxylic acids is 1. The van der Waals surface area contributed by atoms with Gasteiger partial charge in [0.2, 0.25) is 10.0 Å². The SMILES string of the molecule is C=CC(c1cccc2c(C(=O)CN)cccc12)S(=O)(=O)n1c(C(C)C(=O)O)cc2cc(Cl)ccc21. The molecule has 3 aromatic carbocycles. The van der Waals surface area contributed by atoms with Gasteiger partial charge in [0.15, 0.2) is 5.78 Å². The molecule has 0 radical (unpaired) electrons. The van der Waals surface area contributed by atoms with E-state index < -0.39 is 27.2 Å². The van der Waals surface area contributed by atoms with Crippen LogP contribution in [0.15, 0.2) is 73.3 Å². The fraction of sp³-hybridized carbons (Fsp3) is 0.154. The second-order valence-corrected chi connectivity index (χ2v) is 10.5. The number of Topliss-reactive ketones (excluding diaryl/α,β-unsaturated/α-hetero) is 1. The first-order valence-corrected chi connectivity index (χ1v) is 12.7. The largest absolute Gasteiger partial charge is 0.481 e. The van der Waals surface area contributed by atoms with Crippen LogP contribution in [-0.4, -0.2) is 35.8 Å². The van der Waals surface area contributed by atoms with E-state index in [1.165, 1.54) is 19.1 Å². The number of nitrogens with two attached hydrogens (primary N) is 1. The number of benzene rings is 3. The Hall–Kier alpha value is -3.46. The molecule has 0 spiro atoms. The number of carbonyl (C=O) groups is 2. The first-order valence-electron chi connectivity index (χ1n) is 10.8. The summed E-state index contributed by atoms with van der Waals surface area (Å²) in [4.78, 5) is 24.2. The van der Waals surface area contributed by atoms with Gasteiger partial charge in [-0.1, -0.05) is 54.1 Å². The lowest BCUT2D eigenvalue weighted by atomic mass is 9.96. The van der Waals surface area contributed by atoms with Gasteiger partial charge in [-0.3, -0.25) is 9.59 Å². The summed E-state index contributed by atoms with van der Waals surface area (Å²) in [5.41, 5.74) is 6.78. The van der Waals surface area contributed by atoms with Crippen LogP contribution in [0.25, 0.3) is 21.7 Å². The molecule has 0 aliphatic carbocycles. The van der Waals surface area contributed by atoms with Gasteiger partial charge in [-0.05, 0) is 47.5 Å². The molecule has 0 saturated heterocycles. The van der Waals surface area contributed by atoms with E-state index in [9.17, 15) is 23.1 Å². The fourth-order valence-electron chi connectivity index (χ4n) is 4.35. The van der Waals surface area contributed by atoms with Crippen LogP contribution < -0.4 is 5.73 Å². The van der Waals surface area contributed by atoms with Crippen LogP contribution in [0.4, 0.5) is 0 Å². The molecule has 0 aliphatic rings. The van der Waals surface area contributed by atoms with Crippen LogP contribution in [-0.2, 0) is 14.8 Å². The molecule has 0 bridgehead atoms. The van der Waals surface area contributed by atoms with Gasteiger partial charge in [-0.2, -0.15) is 0 Å². The zero-order chi connectivity index (χ0) is 25.5. The number of halogens is 1. The standard InChI is InChI=1S/C26H23ClN2O5S/c1-3-25(21-9-5-6-18-19(21)7-4-8-20(18)24(30)14-28)35(33,34)29-22-11-10-17(27)12-16(22)13-23(29)15(2)26(31)32/h3-13,15,25H,1,14,28H2,2H3,(H,31,32). The van der Waals surface area contributed by atoms with Crippen LogP contribution in [0.2, 0.25) is 5.02 Å². The van der Waals surface area contributed by atoms with Crippen LogP contribution in [0.3, 0.4) is 0 Å². The predicted octanol–water partition coefficient (Wildman–Crippen LogP) is 4.88. The molecule has 0 fully saturated rings. The second-order valence-electron chi connectivity index (χ2n) is 8.17. The zero-order valence-electron chi connectivity index (χ0n) is 18.8. The van der Waals surface area contributed by atoms with Crippen LogP contribution in [0.1, 0.15) is 39.7 Å². The van der Waals surface area contributed by atoms with Crippen molar-refractivity contribution in [2.75, 3.05) is 6.54 Å². The number of hydrogen-bond acceptors (Lipinski definition) is 5. The smallest absolute Gasteiger partial charge is 0.312 e. The summed E-state index contributed by atoms with van der Waals surface area (Å²) in [6.45, 7) is 5.03. The van der Waals surface area contributed by atoms with Crippen molar-refractivity contribution in [3.05, 3.63) is 95.2 Å². The van der Waals surface area contributed by atoms with Crippen molar-refractivity contribution < 1.29 is 23.1 Å². The Morgan fingerprint density at radius 1 is 1.11 bits per heavy atom. The minimum absolute atomic E-state index is 0.0980. The second kappa shape index (κ2) is 9.30. The number of fused-ring (bicyclic) bond motifs is 2. The quantitative estimate of drug-likeness (QED) is 0.257. The number of carboxylic acid groups (broad SMARTS) is 1. The summed E-state index contributed by atoms with van der Waals surface area (Å²) < 4.78 is 29.4. The lowest BCUT2D eigenvalue weighted by molar-refractivity contribution is -0.138. The minimum Gasteiger partial charge on any atom is -0.481 e. The maximum atomic E-state index is 14.2. The molecule has 0 aliphatic heterocycles. The topological polar surface area (TPSA) is 119 Å². The Labute approximate surface area is 207 Å². The molecule has 7 nitrogen and oxygen atoms in total. The Morgan fingerprint density at radius 3 is 2.46 bits per heavy atom. The lowest BCUT2D eigenvalue weighted by Crippen LogP contribution is -2.24. The predicted molar refractivity (Wildman–Crippen MR) is 138 cm³/mol. The highest BCUT2D eigenvalue weighted by Crippen LogP contribution is 2.37. The number of aromatic nitrogens is 1. The third kappa shape index (κ3) is 4.14. The normalized spacial score (nSPS) is 13.6. The maximum Gasteiger partial charge on any atom is 0.312 e. The number of aliphatic carboxylic acids is 1. The van der Waals surface area contributed by atoms with Gasteiger partial charge in [0.1, 0.15) is 5.25 Å². The highest BCUT2D eigenvalue weighted by Gasteiger charge is 2.33. The van der Waals surface area contributed by atoms with Crippen molar-refractivity contribution in [2.45, 2.75) is 18.1 Å². The molecule has 3 N–H and O–H groups in total. The van der Waals surface area contributed by atoms with E-state index in [0.29, 0.717) is 37.8 Å².